The summed E-state index contributed by atoms with van der Waals surface area (Å²) in [5.41, 5.74) is 5.01. The summed E-state index contributed by atoms with van der Waals surface area (Å²) in [6.07, 6.45) is 1.48. The molecule has 0 aliphatic heterocycles. The molecule has 5 nitrogen and oxygen atoms in total. The number of benzene rings is 3. The van der Waals surface area contributed by atoms with Crippen molar-refractivity contribution in [3.8, 4) is 11.5 Å². The molecule has 0 unspecified atom stereocenters. The largest absolute Gasteiger partial charge is 0.504 e. The second-order valence-corrected chi connectivity index (χ2v) is 5.92. The summed E-state index contributed by atoms with van der Waals surface area (Å²) < 4.78 is 5.01. The maximum absolute atomic E-state index is 12.8. The summed E-state index contributed by atoms with van der Waals surface area (Å²) in [4.78, 5) is 12.8. The number of rotatable bonds is 6. The molecule has 0 heterocycles. The highest BCUT2D eigenvalue weighted by Gasteiger charge is 2.22. The molecule has 0 spiro atoms. The van der Waals surface area contributed by atoms with Crippen LogP contribution in [0.1, 0.15) is 22.6 Å². The Balaban J connectivity index is 1.78. The molecule has 0 atom stereocenters. The summed E-state index contributed by atoms with van der Waals surface area (Å²) in [5, 5.41) is 13.8. The molecule has 0 bridgehead atoms. The Morgan fingerprint density at radius 1 is 1.00 bits per heavy atom. The second kappa shape index (κ2) is 8.67. The standard InChI is InChI=1S/C22H20N2O3/c1-27-20-13-12-16(14-19(20)25)15-23-24-22(26)21(17-8-4-2-5-9-17)18-10-6-3-7-11-18/h2-15,21,25H,1H3,(H,24,26)/b23-15+. The van der Waals surface area contributed by atoms with E-state index in [1.165, 1.54) is 19.4 Å². The molecule has 3 rings (SSSR count). The minimum Gasteiger partial charge on any atom is -0.504 e. The zero-order valence-electron chi connectivity index (χ0n) is 14.9. The van der Waals surface area contributed by atoms with Crippen LogP contribution in [0, 0.1) is 0 Å². The van der Waals surface area contributed by atoms with Crippen molar-refractivity contribution in [2.75, 3.05) is 7.11 Å². The number of methoxy groups -OCH3 is 1. The first-order chi connectivity index (χ1) is 13.2. The number of ether oxygens (including phenoxy) is 1. The topological polar surface area (TPSA) is 70.9 Å². The molecule has 136 valence electrons. The highest BCUT2D eigenvalue weighted by molar-refractivity contribution is 5.88. The van der Waals surface area contributed by atoms with Crippen molar-refractivity contribution in [2.45, 2.75) is 5.92 Å². The minimum atomic E-state index is -0.464. The van der Waals surface area contributed by atoms with E-state index in [0.29, 0.717) is 11.3 Å². The Kier molecular flexibility index (Phi) is 5.84. The first kappa shape index (κ1) is 18.2. The number of carbonyl (C=O) groups excluding carboxylic acids is 1. The zero-order chi connectivity index (χ0) is 19.1. The second-order valence-electron chi connectivity index (χ2n) is 5.92. The van der Waals surface area contributed by atoms with Gasteiger partial charge in [0.2, 0.25) is 0 Å². The number of amides is 1. The molecule has 0 saturated heterocycles. The number of phenols is 1. The fourth-order valence-electron chi connectivity index (χ4n) is 2.81. The normalized spacial score (nSPS) is 10.9. The highest BCUT2D eigenvalue weighted by atomic mass is 16.5. The van der Waals surface area contributed by atoms with Crippen LogP contribution in [0.5, 0.6) is 11.5 Å². The third kappa shape index (κ3) is 4.52. The fraction of sp³-hybridized carbons (Fsp3) is 0.0909. The number of aromatic hydroxyl groups is 1. The van der Waals surface area contributed by atoms with Crippen LogP contribution in [0.3, 0.4) is 0 Å². The number of carbonyl (C=O) groups is 1. The van der Waals surface area contributed by atoms with E-state index in [1.807, 2.05) is 60.7 Å². The van der Waals surface area contributed by atoms with Crippen molar-refractivity contribution in [2.24, 2.45) is 5.10 Å². The first-order valence-electron chi connectivity index (χ1n) is 8.49. The monoisotopic (exact) mass is 360 g/mol. The van der Waals surface area contributed by atoms with Gasteiger partial charge in [-0.3, -0.25) is 4.79 Å². The third-order valence-electron chi connectivity index (χ3n) is 4.12. The van der Waals surface area contributed by atoms with Gasteiger partial charge in [0, 0.05) is 0 Å². The lowest BCUT2D eigenvalue weighted by atomic mass is 9.91. The predicted molar refractivity (Wildman–Crippen MR) is 105 cm³/mol. The molecule has 0 aliphatic rings. The van der Waals surface area contributed by atoms with Crippen molar-refractivity contribution in [1.29, 1.82) is 0 Å². The van der Waals surface area contributed by atoms with Gasteiger partial charge in [-0.15, -0.1) is 0 Å². The van der Waals surface area contributed by atoms with E-state index in [9.17, 15) is 9.90 Å². The van der Waals surface area contributed by atoms with E-state index in [4.69, 9.17) is 4.74 Å². The highest BCUT2D eigenvalue weighted by Crippen LogP contribution is 2.26. The maximum atomic E-state index is 12.8. The fourth-order valence-corrected chi connectivity index (χ4v) is 2.81. The zero-order valence-corrected chi connectivity index (χ0v) is 14.9. The minimum absolute atomic E-state index is 0.0132. The molecular formula is C22H20N2O3. The van der Waals surface area contributed by atoms with E-state index < -0.39 is 5.92 Å². The number of hydrogen-bond donors (Lipinski definition) is 2. The number of nitrogens with one attached hydrogen (secondary N) is 1. The lowest BCUT2D eigenvalue weighted by Crippen LogP contribution is -2.26. The van der Waals surface area contributed by atoms with Gasteiger partial charge in [-0.1, -0.05) is 60.7 Å². The number of hydrazone groups is 1. The van der Waals surface area contributed by atoms with Gasteiger partial charge in [-0.25, -0.2) is 5.43 Å². The quantitative estimate of drug-likeness (QED) is 0.520. The maximum Gasteiger partial charge on any atom is 0.252 e. The van der Waals surface area contributed by atoms with E-state index in [0.717, 1.165) is 11.1 Å². The Morgan fingerprint density at radius 2 is 1.59 bits per heavy atom. The molecule has 5 heteroatoms. The van der Waals surface area contributed by atoms with E-state index in [-0.39, 0.29) is 11.7 Å². The third-order valence-corrected chi connectivity index (χ3v) is 4.12. The van der Waals surface area contributed by atoms with Crippen molar-refractivity contribution < 1.29 is 14.6 Å². The molecule has 0 aliphatic carbocycles. The Bertz CT molecular complexity index is 885. The van der Waals surface area contributed by atoms with E-state index in [1.54, 1.807) is 12.1 Å². The molecule has 1 amide bonds. The van der Waals surface area contributed by atoms with E-state index >= 15 is 0 Å². The van der Waals surface area contributed by atoms with Gasteiger partial charge in [-0.2, -0.15) is 5.10 Å². The van der Waals surface area contributed by atoms with Gasteiger partial charge in [-0.05, 0) is 34.9 Å². The molecule has 0 aromatic heterocycles. The summed E-state index contributed by atoms with van der Waals surface area (Å²) >= 11 is 0. The van der Waals surface area contributed by atoms with Crippen molar-refractivity contribution in [1.82, 2.24) is 5.43 Å². The summed E-state index contributed by atoms with van der Waals surface area (Å²) in [6, 6.07) is 24.0. The Labute approximate surface area is 157 Å². The van der Waals surface area contributed by atoms with Crippen LogP contribution < -0.4 is 10.2 Å². The van der Waals surface area contributed by atoms with Crippen LogP contribution in [0.25, 0.3) is 0 Å². The number of nitrogens with zero attached hydrogens (tertiary/aromatic N) is 1. The van der Waals surface area contributed by atoms with Crippen LogP contribution in [-0.4, -0.2) is 24.3 Å². The predicted octanol–water partition coefficient (Wildman–Crippen LogP) is 3.68. The summed E-state index contributed by atoms with van der Waals surface area (Å²) in [7, 11) is 1.48. The summed E-state index contributed by atoms with van der Waals surface area (Å²) in [5.74, 6) is -0.307. The molecule has 2 N–H and O–H groups in total. The average Bonchev–Trinajstić information content (AvgIpc) is 2.70. The molecule has 3 aromatic carbocycles. The van der Waals surface area contributed by atoms with Crippen LogP contribution >= 0.6 is 0 Å². The lowest BCUT2D eigenvalue weighted by molar-refractivity contribution is -0.121. The van der Waals surface area contributed by atoms with Crippen molar-refractivity contribution in [3.05, 3.63) is 95.6 Å². The van der Waals surface area contributed by atoms with Crippen molar-refractivity contribution in [3.63, 3.8) is 0 Å². The molecule has 0 fully saturated rings. The molecule has 3 aromatic rings. The van der Waals surface area contributed by atoms with Crippen LogP contribution in [0.2, 0.25) is 0 Å². The van der Waals surface area contributed by atoms with Gasteiger partial charge >= 0.3 is 0 Å². The van der Waals surface area contributed by atoms with Crippen molar-refractivity contribution >= 4 is 12.1 Å². The Morgan fingerprint density at radius 3 is 2.11 bits per heavy atom. The number of hydrogen-bond acceptors (Lipinski definition) is 4. The SMILES string of the molecule is COc1ccc(/C=N/NC(=O)C(c2ccccc2)c2ccccc2)cc1O. The Hall–Kier alpha value is -3.60. The van der Waals surface area contributed by atoms with Crippen LogP contribution in [-0.2, 0) is 4.79 Å². The summed E-state index contributed by atoms with van der Waals surface area (Å²) in [6.45, 7) is 0. The van der Waals surface area contributed by atoms with Gasteiger partial charge in [0.05, 0.1) is 19.2 Å². The lowest BCUT2D eigenvalue weighted by Gasteiger charge is -2.16. The van der Waals surface area contributed by atoms with Gasteiger partial charge in [0.25, 0.3) is 5.91 Å². The van der Waals surface area contributed by atoms with E-state index in [2.05, 4.69) is 10.5 Å². The molecule has 0 radical (unpaired) electrons. The molecule has 27 heavy (non-hydrogen) atoms. The van der Waals surface area contributed by atoms with Gasteiger partial charge < -0.3 is 9.84 Å². The van der Waals surface area contributed by atoms with Crippen LogP contribution in [0.4, 0.5) is 0 Å². The first-order valence-corrected chi connectivity index (χ1v) is 8.49. The number of phenolic OH excluding ortho intramolecular Hbond substituents is 1. The molecule has 0 saturated carbocycles. The molecular weight excluding hydrogens is 340 g/mol. The smallest absolute Gasteiger partial charge is 0.252 e. The van der Waals surface area contributed by atoms with Gasteiger partial charge in [0.15, 0.2) is 11.5 Å². The average molecular weight is 360 g/mol. The van der Waals surface area contributed by atoms with Gasteiger partial charge in [0.1, 0.15) is 0 Å². The van der Waals surface area contributed by atoms with Crippen LogP contribution in [0.15, 0.2) is 84.0 Å².